The Labute approximate surface area is 198 Å². The van der Waals surface area contributed by atoms with Crippen molar-refractivity contribution in [2.75, 3.05) is 6.61 Å². The van der Waals surface area contributed by atoms with Crippen LogP contribution in [0.25, 0.3) is 0 Å². The lowest BCUT2D eigenvalue weighted by Crippen LogP contribution is -2.13. The van der Waals surface area contributed by atoms with Crippen LogP contribution in [0.4, 0.5) is 0 Å². The van der Waals surface area contributed by atoms with Crippen molar-refractivity contribution in [1.82, 2.24) is 0 Å². The largest absolute Gasteiger partial charge is 0.462 e. The minimum atomic E-state index is -0.446. The average molecular weight is 462 g/mol. The maximum Gasteiger partial charge on any atom is 0.333 e. The van der Waals surface area contributed by atoms with Gasteiger partial charge in [0.2, 0.25) is 0 Å². The number of carbonyl (C=O) groups excluding carboxylic acids is 2. The fourth-order valence-corrected chi connectivity index (χ4v) is 5.64. The summed E-state index contributed by atoms with van der Waals surface area (Å²) in [5.41, 5.74) is 2.17. The van der Waals surface area contributed by atoms with Gasteiger partial charge < -0.3 is 9.47 Å². The van der Waals surface area contributed by atoms with Gasteiger partial charge in [0.05, 0.1) is 17.5 Å². The lowest BCUT2D eigenvalue weighted by molar-refractivity contribution is -0.141. The lowest BCUT2D eigenvalue weighted by atomic mass is 10.1. The highest BCUT2D eigenvalue weighted by molar-refractivity contribution is 7.97. The van der Waals surface area contributed by atoms with Crippen LogP contribution < -0.4 is 4.74 Å². The summed E-state index contributed by atoms with van der Waals surface area (Å²) < 4.78 is 10.7. The van der Waals surface area contributed by atoms with Crippen LogP contribution in [0.3, 0.4) is 0 Å². The van der Waals surface area contributed by atoms with Crippen LogP contribution in [0.2, 0.25) is 0 Å². The smallest absolute Gasteiger partial charge is 0.333 e. The molecule has 0 N–H and O–H groups in total. The topological polar surface area (TPSA) is 52.6 Å². The molecule has 0 saturated heterocycles. The molecule has 33 heavy (non-hydrogen) atoms. The Hall–Kier alpha value is -3.31. The third kappa shape index (κ3) is 6.59. The molecule has 0 heterocycles. The van der Waals surface area contributed by atoms with Gasteiger partial charge in [0.15, 0.2) is 14.7 Å². The summed E-state index contributed by atoms with van der Waals surface area (Å²) in [5, 5.41) is 0. The Kier molecular flexibility index (Phi) is 8.50. The number of ether oxygens (including phenoxy) is 2. The van der Waals surface area contributed by atoms with Gasteiger partial charge in [0.1, 0.15) is 5.75 Å². The standard InChI is InChI=1S/C28H29O4S/c1-20(2)28(30)31-17-11-16-26(29)32-27-21(3)18-25(19-22(27)4)33(23-12-7-5-8-13-23)24-14-9-6-10-15-24/h5-10,12-15,18-19H,1,11,16-17H2,2-4H3/q+1. The number of hydrogen-bond donors (Lipinski definition) is 0. The molecule has 0 amide bonds. The van der Waals surface area contributed by atoms with Crippen molar-refractivity contribution in [3.8, 4) is 5.75 Å². The van der Waals surface area contributed by atoms with Gasteiger partial charge in [-0.2, -0.15) is 0 Å². The zero-order chi connectivity index (χ0) is 23.8. The SMILES string of the molecule is C=C(C)C(=O)OCCCC(=O)Oc1c(C)cc([S+](c2ccccc2)c2ccccc2)cc1C. The monoisotopic (exact) mass is 461 g/mol. The van der Waals surface area contributed by atoms with E-state index in [1.54, 1.807) is 6.92 Å². The lowest BCUT2D eigenvalue weighted by Gasteiger charge is -2.14. The predicted molar refractivity (Wildman–Crippen MR) is 132 cm³/mol. The molecular formula is C28H29O4S+. The van der Waals surface area contributed by atoms with Crippen molar-refractivity contribution in [3.05, 3.63) is 96.1 Å². The molecular weight excluding hydrogens is 432 g/mol. The van der Waals surface area contributed by atoms with E-state index in [-0.39, 0.29) is 29.9 Å². The molecule has 0 saturated carbocycles. The van der Waals surface area contributed by atoms with Gasteiger partial charge in [-0.3, -0.25) is 4.79 Å². The van der Waals surface area contributed by atoms with Gasteiger partial charge in [0.25, 0.3) is 0 Å². The number of rotatable bonds is 9. The number of benzene rings is 3. The number of esters is 2. The molecule has 0 aromatic heterocycles. The van der Waals surface area contributed by atoms with Crippen molar-refractivity contribution in [1.29, 1.82) is 0 Å². The molecule has 4 nitrogen and oxygen atoms in total. The van der Waals surface area contributed by atoms with Gasteiger partial charge in [-0.25, -0.2) is 4.79 Å². The van der Waals surface area contributed by atoms with Gasteiger partial charge in [0, 0.05) is 24.1 Å². The van der Waals surface area contributed by atoms with E-state index in [0.29, 0.717) is 17.7 Å². The van der Waals surface area contributed by atoms with Crippen LogP contribution in [-0.4, -0.2) is 18.5 Å². The fraction of sp³-hybridized carbons (Fsp3) is 0.214. The first-order valence-electron chi connectivity index (χ1n) is 10.9. The third-order valence-electron chi connectivity index (χ3n) is 4.95. The van der Waals surface area contributed by atoms with E-state index in [1.165, 1.54) is 14.7 Å². The summed E-state index contributed by atoms with van der Waals surface area (Å²) in [7, 11) is -0.267. The Morgan fingerprint density at radius 3 is 1.85 bits per heavy atom. The maximum atomic E-state index is 12.4. The first kappa shape index (κ1) is 24.3. The highest BCUT2D eigenvalue weighted by Crippen LogP contribution is 2.35. The second kappa shape index (κ2) is 11.5. The summed E-state index contributed by atoms with van der Waals surface area (Å²) >= 11 is 0. The molecule has 3 rings (SSSR count). The van der Waals surface area contributed by atoms with Crippen LogP contribution in [0.5, 0.6) is 5.75 Å². The van der Waals surface area contributed by atoms with Crippen LogP contribution in [0, 0.1) is 13.8 Å². The quantitative estimate of drug-likeness (QED) is 0.125. The Morgan fingerprint density at radius 1 is 0.848 bits per heavy atom. The third-order valence-corrected chi connectivity index (χ3v) is 7.14. The molecule has 0 aliphatic carbocycles. The summed E-state index contributed by atoms with van der Waals surface area (Å²) in [6.45, 7) is 9.21. The van der Waals surface area contributed by atoms with Crippen LogP contribution in [-0.2, 0) is 25.2 Å². The molecule has 0 aliphatic heterocycles. The second-order valence-electron chi connectivity index (χ2n) is 7.81. The summed E-state index contributed by atoms with van der Waals surface area (Å²) in [6.07, 6.45) is 0.571. The Morgan fingerprint density at radius 2 is 1.36 bits per heavy atom. The van der Waals surface area contributed by atoms with Crippen molar-refractivity contribution in [3.63, 3.8) is 0 Å². The van der Waals surface area contributed by atoms with Crippen molar-refractivity contribution < 1.29 is 19.1 Å². The van der Waals surface area contributed by atoms with Crippen molar-refractivity contribution in [2.24, 2.45) is 0 Å². The normalized spacial score (nSPS) is 10.7. The predicted octanol–water partition coefficient (Wildman–Crippen LogP) is 6.20. The number of aryl methyl sites for hydroxylation is 2. The second-order valence-corrected chi connectivity index (χ2v) is 9.84. The minimum absolute atomic E-state index is 0.161. The summed E-state index contributed by atoms with van der Waals surface area (Å²) in [6, 6.07) is 25.1. The van der Waals surface area contributed by atoms with Gasteiger partial charge >= 0.3 is 11.9 Å². The fourth-order valence-electron chi connectivity index (χ4n) is 3.38. The number of carbonyl (C=O) groups is 2. The van der Waals surface area contributed by atoms with E-state index in [0.717, 1.165) is 11.1 Å². The minimum Gasteiger partial charge on any atom is -0.462 e. The van der Waals surface area contributed by atoms with Crippen molar-refractivity contribution >= 4 is 22.8 Å². The zero-order valence-corrected chi connectivity index (χ0v) is 20.1. The number of hydrogen-bond acceptors (Lipinski definition) is 4. The van der Waals surface area contributed by atoms with Crippen LogP contribution in [0.15, 0.2) is 99.6 Å². The maximum absolute atomic E-state index is 12.4. The van der Waals surface area contributed by atoms with E-state index >= 15 is 0 Å². The highest BCUT2D eigenvalue weighted by atomic mass is 32.2. The molecule has 0 aliphatic rings. The van der Waals surface area contributed by atoms with Gasteiger partial charge in [-0.05, 0) is 62.6 Å². The average Bonchev–Trinajstić information content (AvgIpc) is 2.80. The molecule has 5 heteroatoms. The molecule has 0 atom stereocenters. The molecule has 170 valence electrons. The van der Waals surface area contributed by atoms with Crippen molar-refractivity contribution in [2.45, 2.75) is 48.3 Å². The molecule has 0 bridgehead atoms. The van der Waals surface area contributed by atoms with Crippen LogP contribution >= 0.6 is 0 Å². The molecule has 0 radical (unpaired) electrons. The molecule has 3 aromatic carbocycles. The zero-order valence-electron chi connectivity index (χ0n) is 19.3. The molecule has 0 fully saturated rings. The molecule has 0 unspecified atom stereocenters. The summed E-state index contributed by atoms with van der Waals surface area (Å²) in [5.74, 6) is -0.198. The van der Waals surface area contributed by atoms with E-state index in [9.17, 15) is 9.59 Å². The highest BCUT2D eigenvalue weighted by Gasteiger charge is 2.29. The van der Waals surface area contributed by atoms with E-state index in [2.05, 4.69) is 67.2 Å². The first-order valence-corrected chi connectivity index (χ1v) is 12.1. The van der Waals surface area contributed by atoms with E-state index in [4.69, 9.17) is 9.47 Å². The summed E-state index contributed by atoms with van der Waals surface area (Å²) in [4.78, 5) is 27.4. The van der Waals surface area contributed by atoms with Crippen LogP contribution in [0.1, 0.15) is 30.9 Å². The van der Waals surface area contributed by atoms with Gasteiger partial charge in [-0.1, -0.05) is 43.0 Å². The van der Waals surface area contributed by atoms with E-state index < -0.39 is 5.97 Å². The molecule has 3 aromatic rings. The first-order chi connectivity index (χ1) is 15.9. The Bertz CT molecular complexity index is 1060. The Balaban J connectivity index is 1.76. The van der Waals surface area contributed by atoms with E-state index in [1.807, 2.05) is 26.0 Å². The van der Waals surface area contributed by atoms with Gasteiger partial charge in [-0.15, -0.1) is 0 Å². The molecule has 0 spiro atoms.